The number of nitriles is 1. The molecule has 0 fully saturated rings. The maximum absolute atomic E-state index is 13.4. The van der Waals surface area contributed by atoms with Gasteiger partial charge in [0.05, 0.1) is 24.3 Å². The van der Waals surface area contributed by atoms with Gasteiger partial charge in [-0.2, -0.15) is 18.4 Å². The molecule has 3 rings (SSSR count). The van der Waals surface area contributed by atoms with Crippen LogP contribution in [0.5, 0.6) is 5.75 Å². The Kier molecular flexibility index (Phi) is 5.50. The van der Waals surface area contributed by atoms with E-state index >= 15 is 0 Å². The van der Waals surface area contributed by atoms with Crippen molar-refractivity contribution < 1.29 is 17.9 Å². The molecule has 28 heavy (non-hydrogen) atoms. The second-order valence-corrected chi connectivity index (χ2v) is 6.00. The Balaban J connectivity index is 1.86. The smallest absolute Gasteiger partial charge is 0.417 e. The summed E-state index contributed by atoms with van der Waals surface area (Å²) >= 11 is 0. The lowest BCUT2D eigenvalue weighted by Crippen LogP contribution is -2.08. The molecule has 0 aliphatic carbocycles. The first kappa shape index (κ1) is 19.2. The number of alkyl halides is 3. The quantitative estimate of drug-likeness (QED) is 0.653. The summed E-state index contributed by atoms with van der Waals surface area (Å²) in [6.45, 7) is 0.458. The number of hydrogen-bond donors (Lipinski definition) is 1. The van der Waals surface area contributed by atoms with Crippen LogP contribution in [0.1, 0.15) is 16.7 Å². The number of halogens is 3. The molecular formula is C21H16F3N3O. The van der Waals surface area contributed by atoms with Crippen LogP contribution >= 0.6 is 0 Å². The van der Waals surface area contributed by atoms with Crippen molar-refractivity contribution in [2.45, 2.75) is 12.7 Å². The second-order valence-electron chi connectivity index (χ2n) is 6.00. The molecule has 1 aromatic heterocycles. The molecule has 0 atom stereocenters. The summed E-state index contributed by atoms with van der Waals surface area (Å²) in [7, 11) is 1.58. The van der Waals surface area contributed by atoms with Crippen molar-refractivity contribution in [3.8, 4) is 22.9 Å². The zero-order valence-corrected chi connectivity index (χ0v) is 14.9. The molecule has 4 nitrogen and oxygen atoms in total. The highest BCUT2D eigenvalue weighted by Crippen LogP contribution is 2.38. The van der Waals surface area contributed by atoms with E-state index in [0.717, 1.165) is 17.4 Å². The lowest BCUT2D eigenvalue weighted by Gasteiger charge is -2.14. The van der Waals surface area contributed by atoms with E-state index in [2.05, 4.69) is 10.3 Å². The molecule has 0 aliphatic heterocycles. The number of rotatable bonds is 5. The van der Waals surface area contributed by atoms with Crippen molar-refractivity contribution in [3.05, 3.63) is 77.5 Å². The van der Waals surface area contributed by atoms with Crippen molar-refractivity contribution in [3.63, 3.8) is 0 Å². The first-order valence-corrected chi connectivity index (χ1v) is 8.35. The van der Waals surface area contributed by atoms with Gasteiger partial charge in [0.15, 0.2) is 0 Å². The first-order chi connectivity index (χ1) is 13.4. The normalized spacial score (nSPS) is 11.0. The van der Waals surface area contributed by atoms with Crippen LogP contribution in [0, 0.1) is 11.3 Å². The summed E-state index contributed by atoms with van der Waals surface area (Å²) in [4.78, 5) is 4.17. The Bertz CT molecular complexity index is 1010. The van der Waals surface area contributed by atoms with Crippen LogP contribution in [-0.4, -0.2) is 12.1 Å². The summed E-state index contributed by atoms with van der Waals surface area (Å²) in [5.41, 5.74) is 0.453. The third-order valence-corrected chi connectivity index (χ3v) is 4.16. The van der Waals surface area contributed by atoms with Crippen molar-refractivity contribution in [1.29, 1.82) is 5.26 Å². The summed E-state index contributed by atoms with van der Waals surface area (Å²) < 4.78 is 45.4. The van der Waals surface area contributed by atoms with Crippen LogP contribution in [-0.2, 0) is 12.7 Å². The summed E-state index contributed by atoms with van der Waals surface area (Å²) in [6.07, 6.45) is -3.12. The molecule has 0 spiro atoms. The maximum Gasteiger partial charge on any atom is 0.417 e. The predicted octanol–water partition coefficient (Wildman–Crippen LogP) is 5.26. The molecule has 7 heteroatoms. The molecule has 1 N–H and O–H groups in total. The van der Waals surface area contributed by atoms with Gasteiger partial charge in [-0.25, -0.2) is 4.98 Å². The molecule has 142 valence electrons. The molecule has 0 radical (unpaired) electrons. The van der Waals surface area contributed by atoms with Crippen molar-refractivity contribution in [2.75, 3.05) is 12.4 Å². The first-order valence-electron chi connectivity index (χ1n) is 8.35. The van der Waals surface area contributed by atoms with E-state index in [4.69, 9.17) is 10.00 Å². The van der Waals surface area contributed by atoms with Crippen LogP contribution in [0.3, 0.4) is 0 Å². The number of nitrogens with zero attached hydrogens (tertiary/aromatic N) is 2. The third kappa shape index (κ3) is 4.41. The molecule has 2 aromatic carbocycles. The highest BCUT2D eigenvalue weighted by Gasteiger charge is 2.34. The van der Waals surface area contributed by atoms with Gasteiger partial charge < -0.3 is 10.1 Å². The van der Waals surface area contributed by atoms with E-state index in [9.17, 15) is 13.2 Å². The fourth-order valence-electron chi connectivity index (χ4n) is 2.73. The summed E-state index contributed by atoms with van der Waals surface area (Å²) in [5, 5.41) is 12.0. The number of methoxy groups -OCH3 is 1. The standard InChI is InChI=1S/C21H16F3N3O/c1-28-17-5-2-14(3-6-17)13-27-20-11-16(8-9-26-20)18-7-4-15(12-25)10-19(18)21(22,23)24/h2-11H,13H2,1H3,(H,26,27). The predicted molar refractivity (Wildman–Crippen MR) is 99.7 cm³/mol. The van der Waals surface area contributed by atoms with Gasteiger partial charge in [0.2, 0.25) is 0 Å². The Morgan fingerprint density at radius 2 is 1.82 bits per heavy atom. The molecule has 0 amide bonds. The number of hydrogen-bond acceptors (Lipinski definition) is 4. The lowest BCUT2D eigenvalue weighted by atomic mass is 9.98. The zero-order valence-electron chi connectivity index (χ0n) is 14.9. The van der Waals surface area contributed by atoms with E-state index in [1.54, 1.807) is 19.2 Å². The monoisotopic (exact) mass is 383 g/mol. The topological polar surface area (TPSA) is 57.9 Å². The number of benzene rings is 2. The Morgan fingerprint density at radius 1 is 1.07 bits per heavy atom. The Hall–Kier alpha value is -3.53. The minimum Gasteiger partial charge on any atom is -0.497 e. The molecule has 0 aliphatic rings. The highest BCUT2D eigenvalue weighted by atomic mass is 19.4. The number of nitrogens with one attached hydrogen (secondary N) is 1. The number of aromatic nitrogens is 1. The Morgan fingerprint density at radius 3 is 2.46 bits per heavy atom. The summed E-state index contributed by atoms with van der Waals surface area (Å²) in [5.74, 6) is 1.19. The van der Waals surface area contributed by atoms with Gasteiger partial charge in [0.1, 0.15) is 11.6 Å². The average Bonchev–Trinajstić information content (AvgIpc) is 2.71. The zero-order chi connectivity index (χ0) is 20.1. The second kappa shape index (κ2) is 8.01. The molecule has 0 saturated carbocycles. The third-order valence-electron chi connectivity index (χ3n) is 4.16. The largest absolute Gasteiger partial charge is 0.497 e. The molecule has 0 saturated heterocycles. The molecule has 0 bridgehead atoms. The summed E-state index contributed by atoms with van der Waals surface area (Å²) in [6, 6.07) is 15.8. The van der Waals surface area contributed by atoms with Gasteiger partial charge in [-0.3, -0.25) is 0 Å². The molecule has 1 heterocycles. The van der Waals surface area contributed by atoms with E-state index in [1.165, 1.54) is 24.4 Å². The Labute approximate surface area is 160 Å². The molecular weight excluding hydrogens is 367 g/mol. The van der Waals surface area contributed by atoms with E-state index in [-0.39, 0.29) is 11.1 Å². The highest BCUT2D eigenvalue weighted by molar-refractivity contribution is 5.71. The van der Waals surface area contributed by atoms with Gasteiger partial charge in [-0.1, -0.05) is 18.2 Å². The van der Waals surface area contributed by atoms with Crippen molar-refractivity contribution in [1.82, 2.24) is 4.98 Å². The maximum atomic E-state index is 13.4. The van der Waals surface area contributed by atoms with Crippen LogP contribution in [0.2, 0.25) is 0 Å². The van der Waals surface area contributed by atoms with Crippen LogP contribution < -0.4 is 10.1 Å². The SMILES string of the molecule is COc1ccc(CNc2cc(-c3ccc(C#N)cc3C(F)(F)F)ccn2)cc1. The van der Waals surface area contributed by atoms with Gasteiger partial charge in [0, 0.05) is 12.7 Å². The van der Waals surface area contributed by atoms with Crippen LogP contribution in [0.4, 0.5) is 19.0 Å². The number of ether oxygens (including phenoxy) is 1. The van der Waals surface area contributed by atoms with Crippen molar-refractivity contribution in [2.24, 2.45) is 0 Å². The van der Waals surface area contributed by atoms with Crippen molar-refractivity contribution >= 4 is 5.82 Å². The number of pyridine rings is 1. The van der Waals surface area contributed by atoms with Crippen LogP contribution in [0.15, 0.2) is 60.8 Å². The molecule has 0 unspecified atom stereocenters. The van der Waals surface area contributed by atoms with Gasteiger partial charge >= 0.3 is 6.18 Å². The van der Waals surface area contributed by atoms with E-state index in [0.29, 0.717) is 17.9 Å². The minimum absolute atomic E-state index is 0.00129. The molecule has 3 aromatic rings. The lowest BCUT2D eigenvalue weighted by molar-refractivity contribution is -0.137. The van der Waals surface area contributed by atoms with Crippen LogP contribution in [0.25, 0.3) is 11.1 Å². The van der Waals surface area contributed by atoms with Gasteiger partial charge in [-0.15, -0.1) is 0 Å². The average molecular weight is 383 g/mol. The van der Waals surface area contributed by atoms with Gasteiger partial charge in [-0.05, 0) is 53.1 Å². The van der Waals surface area contributed by atoms with E-state index in [1.807, 2.05) is 24.3 Å². The fourth-order valence-corrected chi connectivity index (χ4v) is 2.73. The van der Waals surface area contributed by atoms with E-state index < -0.39 is 11.7 Å². The number of anilines is 1. The van der Waals surface area contributed by atoms with Gasteiger partial charge in [0.25, 0.3) is 0 Å². The fraction of sp³-hybridized carbons (Fsp3) is 0.143. The minimum atomic E-state index is -4.57.